The predicted octanol–water partition coefficient (Wildman–Crippen LogP) is 5.43. The number of aromatic nitrogens is 2. The fraction of sp³-hybridized carbons (Fsp3) is 0.370. The number of rotatable bonds is 6. The van der Waals surface area contributed by atoms with Crippen LogP contribution in [0.1, 0.15) is 44.5 Å². The average molecular weight is 464 g/mol. The Morgan fingerprint density at radius 3 is 2.47 bits per heavy atom. The molecule has 0 fully saturated rings. The molecular formula is C27H30FN3O3. The summed E-state index contributed by atoms with van der Waals surface area (Å²) < 4.78 is 24.8. The number of fused-ring (bicyclic) bond motifs is 1. The predicted molar refractivity (Wildman–Crippen MR) is 130 cm³/mol. The summed E-state index contributed by atoms with van der Waals surface area (Å²) in [6.07, 6.45) is 1.83. The Kier molecular flexibility index (Phi) is 6.55. The molecule has 3 aromatic rings. The molecule has 0 aliphatic carbocycles. The molecule has 0 N–H and O–H groups in total. The van der Waals surface area contributed by atoms with Crippen molar-refractivity contribution in [3.63, 3.8) is 0 Å². The topological polar surface area (TPSA) is 64.6 Å². The van der Waals surface area contributed by atoms with Crippen molar-refractivity contribution in [1.82, 2.24) is 9.97 Å². The van der Waals surface area contributed by atoms with Crippen LogP contribution in [0.3, 0.4) is 0 Å². The molecule has 6 nitrogen and oxygen atoms in total. The molecule has 178 valence electrons. The molecule has 0 radical (unpaired) electrons. The van der Waals surface area contributed by atoms with Crippen molar-refractivity contribution in [3.8, 4) is 17.1 Å². The van der Waals surface area contributed by atoms with Crippen molar-refractivity contribution in [1.29, 1.82) is 0 Å². The zero-order chi connectivity index (χ0) is 24.5. The fourth-order valence-electron chi connectivity index (χ4n) is 4.14. The molecule has 0 saturated carbocycles. The van der Waals surface area contributed by atoms with E-state index < -0.39 is 11.4 Å². The number of benzene rings is 2. The van der Waals surface area contributed by atoms with Gasteiger partial charge in [-0.25, -0.2) is 14.4 Å². The zero-order valence-corrected chi connectivity index (χ0v) is 20.3. The Labute approximate surface area is 199 Å². The van der Waals surface area contributed by atoms with Gasteiger partial charge >= 0.3 is 5.97 Å². The second-order valence-corrected chi connectivity index (χ2v) is 9.33. The van der Waals surface area contributed by atoms with Crippen LogP contribution in [0.5, 0.6) is 5.75 Å². The number of carbonyl (C=O) groups excluding carboxylic acids is 1. The van der Waals surface area contributed by atoms with Gasteiger partial charge in [-0.05, 0) is 69.5 Å². The second kappa shape index (κ2) is 9.41. The van der Waals surface area contributed by atoms with E-state index in [4.69, 9.17) is 19.4 Å². The first-order chi connectivity index (χ1) is 16.2. The van der Waals surface area contributed by atoms with Gasteiger partial charge < -0.3 is 14.4 Å². The van der Waals surface area contributed by atoms with E-state index in [2.05, 4.69) is 11.8 Å². The number of halogens is 1. The van der Waals surface area contributed by atoms with Crippen LogP contribution in [0.4, 0.5) is 15.9 Å². The number of anilines is 2. The maximum atomic E-state index is 14.3. The third-order valence-corrected chi connectivity index (χ3v) is 5.67. The van der Waals surface area contributed by atoms with E-state index in [0.717, 1.165) is 47.7 Å². The third-order valence-electron chi connectivity index (χ3n) is 5.67. The van der Waals surface area contributed by atoms with E-state index in [1.165, 1.54) is 13.2 Å². The first-order valence-corrected chi connectivity index (χ1v) is 11.5. The molecule has 2 heterocycles. The molecule has 0 atom stereocenters. The van der Waals surface area contributed by atoms with E-state index in [0.29, 0.717) is 11.4 Å². The van der Waals surface area contributed by atoms with Crippen LogP contribution in [-0.4, -0.2) is 35.2 Å². The Balaban J connectivity index is 1.62. The largest absolute Gasteiger partial charge is 0.494 e. The molecule has 4 rings (SSSR count). The molecule has 0 amide bonds. The number of esters is 1. The highest BCUT2D eigenvalue weighted by molar-refractivity contribution is 5.74. The number of methoxy groups -OCH3 is 1. The lowest BCUT2D eigenvalue weighted by Gasteiger charge is -2.21. The number of hydrogen-bond acceptors (Lipinski definition) is 6. The maximum absolute atomic E-state index is 14.3. The quantitative estimate of drug-likeness (QED) is 0.454. The van der Waals surface area contributed by atoms with Gasteiger partial charge in [-0.1, -0.05) is 19.1 Å². The summed E-state index contributed by atoms with van der Waals surface area (Å²) in [5.74, 6) is 0.834. The summed E-state index contributed by atoms with van der Waals surface area (Å²) in [4.78, 5) is 23.9. The molecule has 7 heteroatoms. The van der Waals surface area contributed by atoms with E-state index in [1.54, 1.807) is 12.1 Å². The van der Waals surface area contributed by atoms with Crippen molar-refractivity contribution < 1.29 is 18.7 Å². The summed E-state index contributed by atoms with van der Waals surface area (Å²) in [7, 11) is 1.44. The molecule has 1 aliphatic heterocycles. The van der Waals surface area contributed by atoms with Gasteiger partial charge in [-0.2, -0.15) is 0 Å². The summed E-state index contributed by atoms with van der Waals surface area (Å²) in [5, 5.41) is 0. The van der Waals surface area contributed by atoms with Crippen LogP contribution in [0.25, 0.3) is 11.4 Å². The molecule has 34 heavy (non-hydrogen) atoms. The first-order valence-electron chi connectivity index (χ1n) is 11.5. The number of nitrogens with zero attached hydrogens (tertiary/aromatic N) is 3. The van der Waals surface area contributed by atoms with Crippen LogP contribution in [0.2, 0.25) is 0 Å². The standard InChI is InChI=1S/C27H30FN3O3/c1-6-22-20-13-14-31(19-10-7-17(8-11-19)15-24(32)34-27(2,3)4)26(20)30-25(29-22)18-9-12-23(33-5)21(28)16-18/h7-12,16H,6,13-15H2,1-5H3. The van der Waals surface area contributed by atoms with Crippen LogP contribution >= 0.6 is 0 Å². The van der Waals surface area contributed by atoms with E-state index in [9.17, 15) is 9.18 Å². The molecule has 0 spiro atoms. The molecule has 0 unspecified atom stereocenters. The third kappa shape index (κ3) is 5.03. The summed E-state index contributed by atoms with van der Waals surface area (Å²) in [6.45, 7) is 8.43. The number of hydrogen-bond donors (Lipinski definition) is 0. The van der Waals surface area contributed by atoms with Gasteiger partial charge in [0.15, 0.2) is 17.4 Å². The van der Waals surface area contributed by atoms with Crippen molar-refractivity contribution in [2.75, 3.05) is 18.6 Å². The minimum atomic E-state index is -0.502. The minimum absolute atomic E-state index is 0.189. The smallest absolute Gasteiger partial charge is 0.310 e. The van der Waals surface area contributed by atoms with Crippen LogP contribution in [-0.2, 0) is 28.8 Å². The molecule has 1 aliphatic rings. The van der Waals surface area contributed by atoms with Gasteiger partial charge in [-0.15, -0.1) is 0 Å². The van der Waals surface area contributed by atoms with Crippen LogP contribution in [0, 0.1) is 5.82 Å². The zero-order valence-electron chi connectivity index (χ0n) is 20.3. The number of carbonyl (C=O) groups is 1. The monoisotopic (exact) mass is 463 g/mol. The number of ether oxygens (including phenoxy) is 2. The van der Waals surface area contributed by atoms with Crippen molar-refractivity contribution in [3.05, 3.63) is 65.1 Å². The van der Waals surface area contributed by atoms with E-state index in [1.807, 2.05) is 45.0 Å². The van der Waals surface area contributed by atoms with Gasteiger partial charge in [0, 0.05) is 29.1 Å². The van der Waals surface area contributed by atoms with Gasteiger partial charge in [0.2, 0.25) is 0 Å². The normalized spacial score (nSPS) is 13.1. The maximum Gasteiger partial charge on any atom is 0.310 e. The van der Waals surface area contributed by atoms with Gasteiger partial charge in [-0.3, -0.25) is 4.79 Å². The highest BCUT2D eigenvalue weighted by atomic mass is 19.1. The molecule has 1 aromatic heterocycles. The lowest BCUT2D eigenvalue weighted by molar-refractivity contribution is -0.153. The lowest BCUT2D eigenvalue weighted by Crippen LogP contribution is -2.24. The Morgan fingerprint density at radius 2 is 1.85 bits per heavy atom. The summed E-state index contributed by atoms with van der Waals surface area (Å²) in [5.41, 5.74) is 4.08. The summed E-state index contributed by atoms with van der Waals surface area (Å²) >= 11 is 0. The second-order valence-electron chi connectivity index (χ2n) is 9.33. The average Bonchev–Trinajstić information content (AvgIpc) is 3.21. The first kappa shape index (κ1) is 23.7. The van der Waals surface area contributed by atoms with Gasteiger partial charge in [0.25, 0.3) is 0 Å². The fourth-order valence-corrected chi connectivity index (χ4v) is 4.14. The molecule has 0 saturated heterocycles. The van der Waals surface area contributed by atoms with Gasteiger partial charge in [0.1, 0.15) is 11.4 Å². The minimum Gasteiger partial charge on any atom is -0.494 e. The number of aryl methyl sites for hydroxylation is 1. The van der Waals surface area contributed by atoms with Crippen molar-refractivity contribution in [2.24, 2.45) is 0 Å². The highest BCUT2D eigenvalue weighted by Gasteiger charge is 2.27. The van der Waals surface area contributed by atoms with Crippen molar-refractivity contribution >= 4 is 17.5 Å². The Hall–Kier alpha value is -3.48. The Morgan fingerprint density at radius 1 is 1.12 bits per heavy atom. The summed E-state index contributed by atoms with van der Waals surface area (Å²) in [6, 6.07) is 12.6. The molecule has 2 aromatic carbocycles. The molecule has 0 bridgehead atoms. The van der Waals surface area contributed by atoms with E-state index >= 15 is 0 Å². The van der Waals surface area contributed by atoms with Crippen molar-refractivity contribution in [2.45, 2.75) is 52.6 Å². The SMILES string of the molecule is CCc1nc(-c2ccc(OC)c(F)c2)nc2c1CCN2c1ccc(CC(=O)OC(C)(C)C)cc1. The molecular weight excluding hydrogens is 433 g/mol. The van der Waals surface area contributed by atoms with E-state index in [-0.39, 0.29) is 18.1 Å². The highest BCUT2D eigenvalue weighted by Crippen LogP contribution is 2.36. The van der Waals surface area contributed by atoms with Crippen LogP contribution < -0.4 is 9.64 Å². The Bertz CT molecular complexity index is 1200. The lowest BCUT2D eigenvalue weighted by atomic mass is 10.1. The van der Waals surface area contributed by atoms with Crippen LogP contribution in [0.15, 0.2) is 42.5 Å². The van der Waals surface area contributed by atoms with Gasteiger partial charge in [0.05, 0.1) is 13.5 Å².